The van der Waals surface area contributed by atoms with Crippen molar-refractivity contribution in [1.82, 2.24) is 19.6 Å². The lowest BCUT2D eigenvalue weighted by atomic mass is 10.8. The van der Waals surface area contributed by atoms with Crippen LogP contribution in [-0.4, -0.2) is 19.6 Å². The molecule has 2 heterocycles. The van der Waals surface area contributed by atoms with Gasteiger partial charge in [-0.15, -0.1) is 0 Å². The summed E-state index contributed by atoms with van der Waals surface area (Å²) in [6.45, 7) is 1.88. The number of nitrogens with one attached hydrogen (secondary N) is 3. The third-order valence-electron chi connectivity index (χ3n) is 0.997. The zero-order chi connectivity index (χ0) is 10.6. The highest BCUT2D eigenvalue weighted by Crippen LogP contribution is 1.95. The Hall–Kier alpha value is -0.220. The molecule has 84 valence electrons. The lowest BCUT2D eigenvalue weighted by Gasteiger charge is -1.66. The summed E-state index contributed by atoms with van der Waals surface area (Å²) in [6, 6.07) is 0. The Labute approximate surface area is 111 Å². The highest BCUT2D eigenvalue weighted by Gasteiger charge is 1.81. The van der Waals surface area contributed by atoms with E-state index in [1.165, 1.54) is 22.9 Å². The molecule has 0 bridgehead atoms. The molecule has 2 rings (SSSR count). The summed E-state index contributed by atoms with van der Waals surface area (Å²) >= 11 is 16.8. The smallest absolute Gasteiger partial charge is 0.198 e. The van der Waals surface area contributed by atoms with Crippen molar-refractivity contribution in [2.24, 2.45) is 0 Å². The van der Waals surface area contributed by atoms with Crippen LogP contribution in [0.3, 0.4) is 0 Å². The second-order valence-corrected chi connectivity index (χ2v) is 5.89. The Balaban J connectivity index is 0.000000245. The summed E-state index contributed by atoms with van der Waals surface area (Å²) in [5, 5.41) is 5.34. The molecule has 0 aliphatic heterocycles. The predicted octanol–water partition coefficient (Wildman–Crippen LogP) is 4.01. The minimum Gasteiger partial charge on any atom is -0.297 e. The van der Waals surface area contributed by atoms with Gasteiger partial charge in [0.05, 0.1) is 0 Å². The SMILES string of the molecule is C.Cc1nc(=S)s[nH]1.S=c1[nH][nH]c(=S)s1. The fourth-order valence-corrected chi connectivity index (χ4v) is 2.40. The minimum absolute atomic E-state index is 0. The van der Waals surface area contributed by atoms with Crippen LogP contribution >= 0.6 is 59.5 Å². The summed E-state index contributed by atoms with van der Waals surface area (Å²) in [5.41, 5.74) is 0. The van der Waals surface area contributed by atoms with Gasteiger partial charge >= 0.3 is 0 Å². The van der Waals surface area contributed by atoms with E-state index in [-0.39, 0.29) is 7.43 Å². The fraction of sp³-hybridized carbons (Fsp3) is 0.333. The molecule has 0 radical (unpaired) electrons. The van der Waals surface area contributed by atoms with Gasteiger partial charge in [0.1, 0.15) is 5.82 Å². The number of H-pyrrole nitrogens is 3. The second kappa shape index (κ2) is 7.12. The van der Waals surface area contributed by atoms with E-state index in [2.05, 4.69) is 19.6 Å². The Kier molecular flexibility index (Phi) is 7.02. The molecule has 0 aliphatic carbocycles. The first-order valence-corrected chi connectivity index (χ1v) is 6.23. The van der Waals surface area contributed by atoms with Gasteiger partial charge in [-0.25, -0.2) is 4.98 Å². The van der Waals surface area contributed by atoms with Crippen molar-refractivity contribution in [3.63, 3.8) is 0 Å². The largest absolute Gasteiger partial charge is 0.297 e. The zero-order valence-electron chi connectivity index (χ0n) is 6.99. The number of nitrogens with zero attached hydrogens (tertiary/aromatic N) is 1. The van der Waals surface area contributed by atoms with E-state index < -0.39 is 0 Å². The zero-order valence-corrected chi connectivity index (χ0v) is 11.1. The van der Waals surface area contributed by atoms with Crippen molar-refractivity contribution < 1.29 is 0 Å². The molecular weight excluding hydrogens is 288 g/mol. The van der Waals surface area contributed by atoms with Gasteiger partial charge in [0.15, 0.2) is 11.9 Å². The van der Waals surface area contributed by atoms with Crippen molar-refractivity contribution in [1.29, 1.82) is 0 Å². The van der Waals surface area contributed by atoms with E-state index in [1.807, 2.05) is 6.92 Å². The number of aromatic nitrogens is 4. The molecule has 0 saturated heterocycles. The number of rotatable bonds is 0. The summed E-state index contributed by atoms with van der Waals surface area (Å²) in [5.74, 6) is 0.898. The molecule has 0 aromatic carbocycles. The number of aryl methyl sites for hydroxylation is 1. The quantitative estimate of drug-likeness (QED) is 0.643. The predicted molar refractivity (Wildman–Crippen MR) is 73.5 cm³/mol. The molecule has 2 aromatic rings. The first kappa shape index (κ1) is 14.8. The number of aromatic amines is 3. The monoisotopic (exact) mass is 298 g/mol. The van der Waals surface area contributed by atoms with Gasteiger partial charge < -0.3 is 0 Å². The van der Waals surface area contributed by atoms with E-state index in [0.717, 1.165) is 5.82 Å². The summed E-state index contributed by atoms with van der Waals surface area (Å²) in [4.78, 5) is 3.89. The normalized spacial score (nSPS) is 8.60. The van der Waals surface area contributed by atoms with Crippen LogP contribution in [0.1, 0.15) is 13.3 Å². The standard InChI is InChI=1S/C3H4N2S2.C2H2N2S3.CH4/c1-2-4-3(6)7-5-2;5-1-3-4-2(6)7-1;/h1H3,(H,4,5,6);(H,3,5)(H,4,6);1H4. The third kappa shape index (κ3) is 6.05. The van der Waals surface area contributed by atoms with Crippen molar-refractivity contribution in [3.05, 3.63) is 17.7 Å². The highest BCUT2D eigenvalue weighted by molar-refractivity contribution is 7.75. The van der Waals surface area contributed by atoms with Crippen LogP contribution in [0, 0.1) is 18.8 Å². The minimum atomic E-state index is 0. The fourth-order valence-electron chi connectivity index (χ4n) is 0.537. The van der Waals surface area contributed by atoms with Gasteiger partial charge in [-0.2, -0.15) is 0 Å². The molecule has 0 spiro atoms. The third-order valence-corrected chi connectivity index (χ3v) is 3.28. The summed E-state index contributed by atoms with van der Waals surface area (Å²) in [6.07, 6.45) is 0. The van der Waals surface area contributed by atoms with Crippen molar-refractivity contribution in [2.45, 2.75) is 14.4 Å². The van der Waals surface area contributed by atoms with Crippen LogP contribution in [0.25, 0.3) is 0 Å². The maximum Gasteiger partial charge on any atom is 0.198 e. The van der Waals surface area contributed by atoms with Gasteiger partial charge in [-0.3, -0.25) is 14.6 Å². The molecule has 0 aliphatic rings. The molecule has 0 atom stereocenters. The number of hydrogen-bond acceptors (Lipinski definition) is 6. The molecule has 9 heteroatoms. The topological polar surface area (TPSA) is 60.3 Å². The van der Waals surface area contributed by atoms with Crippen LogP contribution in [0.15, 0.2) is 0 Å². The average Bonchev–Trinajstić information content (AvgIpc) is 2.63. The Morgan fingerprint density at radius 2 is 1.67 bits per heavy atom. The molecule has 0 saturated carbocycles. The maximum absolute atomic E-state index is 4.71. The van der Waals surface area contributed by atoms with Gasteiger partial charge in [-0.1, -0.05) is 18.8 Å². The van der Waals surface area contributed by atoms with Crippen molar-refractivity contribution >= 4 is 59.5 Å². The molecule has 2 aromatic heterocycles. The molecule has 3 N–H and O–H groups in total. The highest BCUT2D eigenvalue weighted by atomic mass is 32.2. The van der Waals surface area contributed by atoms with Gasteiger partial charge in [0, 0.05) is 0 Å². The van der Waals surface area contributed by atoms with Crippen LogP contribution in [0.5, 0.6) is 0 Å². The van der Waals surface area contributed by atoms with Crippen LogP contribution < -0.4 is 0 Å². The van der Waals surface area contributed by atoms with Gasteiger partial charge in [0.25, 0.3) is 0 Å². The average molecular weight is 299 g/mol. The maximum atomic E-state index is 4.71. The Bertz CT molecular complexity index is 516. The van der Waals surface area contributed by atoms with Crippen molar-refractivity contribution in [2.75, 3.05) is 0 Å². The van der Waals surface area contributed by atoms with Crippen molar-refractivity contribution in [3.8, 4) is 0 Å². The van der Waals surface area contributed by atoms with E-state index in [9.17, 15) is 0 Å². The Morgan fingerprint density at radius 3 is 1.80 bits per heavy atom. The lowest BCUT2D eigenvalue weighted by Crippen LogP contribution is -1.67. The molecule has 15 heavy (non-hydrogen) atoms. The summed E-state index contributed by atoms with van der Waals surface area (Å²) in [7, 11) is 0. The van der Waals surface area contributed by atoms with Crippen LogP contribution in [0.4, 0.5) is 0 Å². The molecule has 0 amide bonds. The molecule has 4 nitrogen and oxygen atoms in total. The Morgan fingerprint density at radius 1 is 1.13 bits per heavy atom. The first-order chi connectivity index (χ1) is 6.58. The van der Waals surface area contributed by atoms with E-state index in [0.29, 0.717) is 11.9 Å². The first-order valence-electron chi connectivity index (χ1n) is 3.38. The van der Waals surface area contributed by atoms with Gasteiger partial charge in [0.2, 0.25) is 0 Å². The molecule has 0 fully saturated rings. The van der Waals surface area contributed by atoms with E-state index in [1.54, 1.807) is 0 Å². The molecular formula is C6H10N4S5. The van der Waals surface area contributed by atoms with Crippen LogP contribution in [-0.2, 0) is 0 Å². The van der Waals surface area contributed by atoms with E-state index in [4.69, 9.17) is 36.7 Å². The molecule has 0 unspecified atom stereocenters. The lowest BCUT2D eigenvalue weighted by molar-refractivity contribution is 1.07. The van der Waals surface area contributed by atoms with E-state index >= 15 is 0 Å². The van der Waals surface area contributed by atoms with Gasteiger partial charge in [-0.05, 0) is 55.1 Å². The number of hydrogen-bond donors (Lipinski definition) is 3. The second-order valence-electron chi connectivity index (χ2n) is 2.09. The van der Waals surface area contributed by atoms with Crippen LogP contribution in [0.2, 0.25) is 0 Å². The summed E-state index contributed by atoms with van der Waals surface area (Å²) < 4.78 is 4.97.